The Labute approximate surface area is 132 Å². The summed E-state index contributed by atoms with van der Waals surface area (Å²) in [4.78, 5) is 4.20. The van der Waals surface area contributed by atoms with E-state index in [9.17, 15) is 0 Å². The van der Waals surface area contributed by atoms with Gasteiger partial charge in [-0.15, -0.1) is 10.2 Å². The first kappa shape index (κ1) is 16.7. The molecule has 0 aromatic carbocycles. The third-order valence-electron chi connectivity index (χ3n) is 3.96. The predicted molar refractivity (Wildman–Crippen MR) is 86.6 cm³/mol. The maximum Gasteiger partial charge on any atom is 0.191 e. The van der Waals surface area contributed by atoms with Gasteiger partial charge in [0.05, 0.1) is 12.6 Å². The van der Waals surface area contributed by atoms with Gasteiger partial charge in [-0.3, -0.25) is 4.99 Å². The molecule has 1 aliphatic carbocycles. The molecule has 0 radical (unpaired) electrons. The molecule has 2 rings (SSSR count). The fraction of sp³-hybridized carbons (Fsp3) is 0.800. The van der Waals surface area contributed by atoms with E-state index >= 15 is 0 Å². The highest BCUT2D eigenvalue weighted by Crippen LogP contribution is 2.20. The summed E-state index contributed by atoms with van der Waals surface area (Å²) >= 11 is 0. The Bertz CT molecular complexity index is 453. The molecule has 124 valence electrons. The molecule has 1 heterocycles. The Morgan fingerprint density at radius 3 is 2.86 bits per heavy atom. The smallest absolute Gasteiger partial charge is 0.191 e. The first-order valence-corrected chi connectivity index (χ1v) is 8.18. The Morgan fingerprint density at radius 2 is 2.18 bits per heavy atom. The number of hydrogen-bond acceptors (Lipinski definition) is 4. The quantitative estimate of drug-likeness (QED) is 0.450. The minimum Gasteiger partial charge on any atom is -0.378 e. The van der Waals surface area contributed by atoms with E-state index < -0.39 is 0 Å². The highest BCUT2D eigenvalue weighted by molar-refractivity contribution is 5.79. The third-order valence-corrected chi connectivity index (χ3v) is 3.96. The summed E-state index contributed by atoms with van der Waals surface area (Å²) in [5, 5.41) is 14.4. The Morgan fingerprint density at radius 1 is 1.36 bits per heavy atom. The van der Waals surface area contributed by atoms with Crippen LogP contribution in [-0.2, 0) is 18.3 Å². The number of aryl methyl sites for hydroxylation is 1. The molecule has 1 fully saturated rings. The van der Waals surface area contributed by atoms with Crippen molar-refractivity contribution < 1.29 is 4.74 Å². The van der Waals surface area contributed by atoms with Crippen LogP contribution in [0.2, 0.25) is 0 Å². The third kappa shape index (κ3) is 5.63. The zero-order valence-corrected chi connectivity index (χ0v) is 13.7. The lowest BCUT2D eigenvalue weighted by Crippen LogP contribution is -2.38. The zero-order valence-electron chi connectivity index (χ0n) is 13.7. The number of nitrogens with zero attached hydrogens (tertiary/aromatic N) is 4. The minimum absolute atomic E-state index is 0.488. The molecule has 0 atom stereocenters. The van der Waals surface area contributed by atoms with Crippen molar-refractivity contribution in [1.29, 1.82) is 0 Å². The molecule has 2 N–H and O–H groups in total. The summed E-state index contributed by atoms with van der Waals surface area (Å²) in [7, 11) is 3.69. The second kappa shape index (κ2) is 9.40. The van der Waals surface area contributed by atoms with E-state index in [0.717, 1.165) is 31.4 Å². The van der Waals surface area contributed by atoms with E-state index in [2.05, 4.69) is 25.8 Å². The van der Waals surface area contributed by atoms with Crippen LogP contribution in [0.25, 0.3) is 0 Å². The fourth-order valence-corrected chi connectivity index (χ4v) is 2.61. The van der Waals surface area contributed by atoms with Gasteiger partial charge in [0.1, 0.15) is 6.33 Å². The second-order valence-corrected chi connectivity index (χ2v) is 5.69. The van der Waals surface area contributed by atoms with E-state index in [0.29, 0.717) is 12.6 Å². The van der Waals surface area contributed by atoms with E-state index in [1.165, 1.54) is 32.1 Å². The first-order chi connectivity index (χ1) is 10.8. The molecule has 0 unspecified atom stereocenters. The van der Waals surface area contributed by atoms with Crippen LogP contribution in [0.4, 0.5) is 0 Å². The van der Waals surface area contributed by atoms with Crippen LogP contribution in [-0.4, -0.2) is 47.0 Å². The van der Waals surface area contributed by atoms with Gasteiger partial charge >= 0.3 is 0 Å². The van der Waals surface area contributed by atoms with Gasteiger partial charge in [0.25, 0.3) is 0 Å². The van der Waals surface area contributed by atoms with Crippen molar-refractivity contribution in [2.75, 3.05) is 20.2 Å². The van der Waals surface area contributed by atoms with Crippen molar-refractivity contribution >= 4 is 5.96 Å². The van der Waals surface area contributed by atoms with Crippen molar-refractivity contribution in [3.05, 3.63) is 12.2 Å². The van der Waals surface area contributed by atoms with Gasteiger partial charge in [0.15, 0.2) is 11.8 Å². The standard InChI is InChI=1S/C15H28N6O/c1-16-15(18-11-14-20-19-12-21(14)2)17-9-6-10-22-13-7-4-3-5-8-13/h12-13H,3-11H2,1-2H3,(H2,16,17,18). The Hall–Kier alpha value is -1.63. The number of nitrogens with one attached hydrogen (secondary N) is 2. The average Bonchev–Trinajstić information content (AvgIpc) is 2.96. The molecule has 0 amide bonds. The molecule has 7 heteroatoms. The number of hydrogen-bond donors (Lipinski definition) is 2. The van der Waals surface area contributed by atoms with Crippen LogP contribution >= 0.6 is 0 Å². The summed E-state index contributed by atoms with van der Waals surface area (Å²) < 4.78 is 7.80. The number of guanidine groups is 1. The molecular formula is C15H28N6O. The lowest BCUT2D eigenvalue weighted by Gasteiger charge is -2.22. The Kier molecular flexibility index (Phi) is 7.15. The SMILES string of the molecule is CN=C(NCCCOC1CCCCC1)NCc1nncn1C. The molecule has 22 heavy (non-hydrogen) atoms. The van der Waals surface area contributed by atoms with Gasteiger partial charge in [-0.25, -0.2) is 0 Å². The van der Waals surface area contributed by atoms with Crippen molar-refractivity contribution in [2.24, 2.45) is 12.0 Å². The summed E-state index contributed by atoms with van der Waals surface area (Å²) in [6.07, 6.45) is 9.64. The van der Waals surface area contributed by atoms with E-state index in [1.54, 1.807) is 13.4 Å². The lowest BCUT2D eigenvalue weighted by atomic mass is 9.98. The normalized spacial score (nSPS) is 16.7. The van der Waals surface area contributed by atoms with Gasteiger partial charge in [0, 0.05) is 27.2 Å². The summed E-state index contributed by atoms with van der Waals surface area (Å²) in [6, 6.07) is 0. The van der Waals surface area contributed by atoms with E-state index in [1.807, 2.05) is 11.6 Å². The molecular weight excluding hydrogens is 280 g/mol. The van der Waals surface area contributed by atoms with Crippen LogP contribution in [0.1, 0.15) is 44.3 Å². The molecule has 7 nitrogen and oxygen atoms in total. The first-order valence-electron chi connectivity index (χ1n) is 8.18. The summed E-state index contributed by atoms with van der Waals surface area (Å²) in [5.41, 5.74) is 0. The number of ether oxygens (including phenoxy) is 1. The molecule has 1 aromatic rings. The molecule has 0 bridgehead atoms. The van der Waals surface area contributed by atoms with Crippen LogP contribution in [0, 0.1) is 0 Å². The molecule has 0 spiro atoms. The van der Waals surface area contributed by atoms with Gasteiger partial charge in [0.2, 0.25) is 0 Å². The second-order valence-electron chi connectivity index (χ2n) is 5.69. The van der Waals surface area contributed by atoms with Crippen LogP contribution in [0.3, 0.4) is 0 Å². The number of aromatic nitrogens is 3. The van der Waals surface area contributed by atoms with E-state index in [-0.39, 0.29) is 0 Å². The van der Waals surface area contributed by atoms with Crippen LogP contribution < -0.4 is 10.6 Å². The van der Waals surface area contributed by atoms with Crippen molar-refractivity contribution in [2.45, 2.75) is 51.2 Å². The maximum atomic E-state index is 5.91. The summed E-state index contributed by atoms with van der Waals surface area (Å²) in [5.74, 6) is 1.66. The van der Waals surface area contributed by atoms with Crippen molar-refractivity contribution in [3.8, 4) is 0 Å². The van der Waals surface area contributed by atoms with E-state index in [4.69, 9.17) is 4.74 Å². The van der Waals surface area contributed by atoms with Crippen LogP contribution in [0.15, 0.2) is 11.3 Å². The Balaban J connectivity index is 1.55. The van der Waals surface area contributed by atoms with Gasteiger partial charge in [-0.1, -0.05) is 19.3 Å². The molecule has 1 saturated carbocycles. The van der Waals surface area contributed by atoms with Crippen molar-refractivity contribution in [1.82, 2.24) is 25.4 Å². The molecule has 0 aliphatic heterocycles. The highest BCUT2D eigenvalue weighted by atomic mass is 16.5. The maximum absolute atomic E-state index is 5.91. The lowest BCUT2D eigenvalue weighted by molar-refractivity contribution is 0.0277. The largest absolute Gasteiger partial charge is 0.378 e. The highest BCUT2D eigenvalue weighted by Gasteiger charge is 2.12. The minimum atomic E-state index is 0.488. The van der Waals surface area contributed by atoms with Gasteiger partial charge < -0.3 is 19.9 Å². The van der Waals surface area contributed by atoms with Gasteiger partial charge in [-0.05, 0) is 19.3 Å². The monoisotopic (exact) mass is 308 g/mol. The topological polar surface area (TPSA) is 76.4 Å². The molecule has 1 aliphatic rings. The van der Waals surface area contributed by atoms with Crippen molar-refractivity contribution in [3.63, 3.8) is 0 Å². The number of aliphatic imine (C=N–C) groups is 1. The zero-order chi connectivity index (χ0) is 15.6. The average molecular weight is 308 g/mol. The number of rotatable bonds is 7. The van der Waals surface area contributed by atoms with Gasteiger partial charge in [-0.2, -0.15) is 0 Å². The fourth-order valence-electron chi connectivity index (χ4n) is 2.61. The summed E-state index contributed by atoms with van der Waals surface area (Å²) in [6.45, 7) is 2.28. The predicted octanol–water partition coefficient (Wildman–Crippen LogP) is 1.22. The molecule has 0 saturated heterocycles. The molecule has 1 aromatic heterocycles. The van der Waals surface area contributed by atoms with Crippen LogP contribution in [0.5, 0.6) is 0 Å².